The van der Waals surface area contributed by atoms with Crippen molar-refractivity contribution in [2.45, 2.75) is 19.1 Å². The summed E-state index contributed by atoms with van der Waals surface area (Å²) in [5.41, 5.74) is 2.02. The van der Waals surface area contributed by atoms with Gasteiger partial charge in [-0.25, -0.2) is 0 Å². The number of nitrogens with zero attached hydrogens (tertiary/aromatic N) is 3. The summed E-state index contributed by atoms with van der Waals surface area (Å²) in [6.07, 6.45) is 0. The van der Waals surface area contributed by atoms with Crippen molar-refractivity contribution in [2.75, 3.05) is 30.9 Å². The van der Waals surface area contributed by atoms with Crippen LogP contribution in [0, 0.1) is 0 Å². The van der Waals surface area contributed by atoms with Crippen LogP contribution < -0.4 is 4.90 Å². The Hall–Kier alpha value is -2.02. The van der Waals surface area contributed by atoms with Crippen molar-refractivity contribution in [2.24, 2.45) is 0 Å². The molecule has 0 atom stereocenters. The molecule has 22 heavy (non-hydrogen) atoms. The molecule has 0 aliphatic rings. The Balaban J connectivity index is 2.06. The molecule has 0 aliphatic carbocycles. The first-order valence-corrected chi connectivity index (χ1v) is 8.05. The Morgan fingerprint density at radius 3 is 2.50 bits per heavy atom. The average molecular weight is 321 g/mol. The number of methoxy groups -OCH3 is 1. The number of anilines is 1. The van der Waals surface area contributed by atoms with Crippen LogP contribution in [0.1, 0.15) is 13.8 Å². The molecule has 0 N–H and O–H groups in total. The third kappa shape index (κ3) is 4.00. The smallest absolute Gasteiger partial charge is 0.316 e. The highest BCUT2D eigenvalue weighted by atomic mass is 32.2. The molecular weight excluding hydrogens is 302 g/mol. The molecule has 6 nitrogen and oxygen atoms in total. The number of hydrogen-bond donors (Lipinski definition) is 0. The Morgan fingerprint density at radius 1 is 1.23 bits per heavy atom. The maximum absolute atomic E-state index is 11.1. The standard InChI is InChI=1S/C15H19N3O3S/c1-4-18(5-2)12-8-6-11(7-9-12)14-16-17-15(21-14)22-10-13(19)20-3/h6-9H,4-5,10H2,1-3H3. The van der Waals surface area contributed by atoms with E-state index in [2.05, 4.69) is 33.7 Å². The van der Waals surface area contributed by atoms with E-state index in [4.69, 9.17) is 4.42 Å². The summed E-state index contributed by atoms with van der Waals surface area (Å²) >= 11 is 1.16. The molecule has 0 aliphatic heterocycles. The number of carbonyl (C=O) groups is 1. The zero-order valence-corrected chi connectivity index (χ0v) is 13.7. The van der Waals surface area contributed by atoms with Gasteiger partial charge in [0.25, 0.3) is 5.22 Å². The SMILES string of the molecule is CCN(CC)c1ccc(-c2nnc(SCC(=O)OC)o2)cc1. The van der Waals surface area contributed by atoms with Crippen molar-refractivity contribution in [1.82, 2.24) is 10.2 Å². The molecule has 1 aromatic carbocycles. The quantitative estimate of drug-likeness (QED) is 0.573. The van der Waals surface area contributed by atoms with E-state index in [1.54, 1.807) is 0 Å². The van der Waals surface area contributed by atoms with E-state index in [1.165, 1.54) is 7.11 Å². The Morgan fingerprint density at radius 2 is 1.91 bits per heavy atom. The molecule has 0 fully saturated rings. The Bertz CT molecular complexity index is 609. The van der Waals surface area contributed by atoms with Crippen LogP contribution in [-0.4, -0.2) is 42.1 Å². The number of thioether (sulfide) groups is 1. The number of benzene rings is 1. The molecule has 0 unspecified atom stereocenters. The molecule has 0 saturated heterocycles. The van der Waals surface area contributed by atoms with Crippen molar-refractivity contribution < 1.29 is 13.9 Å². The minimum atomic E-state index is -0.326. The van der Waals surface area contributed by atoms with E-state index >= 15 is 0 Å². The highest BCUT2D eigenvalue weighted by Crippen LogP contribution is 2.25. The predicted octanol–water partition coefficient (Wildman–Crippen LogP) is 2.85. The first-order chi connectivity index (χ1) is 10.7. The van der Waals surface area contributed by atoms with Crippen molar-refractivity contribution in [1.29, 1.82) is 0 Å². The van der Waals surface area contributed by atoms with E-state index in [1.807, 2.05) is 24.3 Å². The third-order valence-electron chi connectivity index (χ3n) is 3.19. The van der Waals surface area contributed by atoms with Crippen molar-refractivity contribution in [3.8, 4) is 11.5 Å². The van der Waals surface area contributed by atoms with Gasteiger partial charge in [0.15, 0.2) is 0 Å². The molecule has 2 rings (SSSR count). The number of carbonyl (C=O) groups excluding carboxylic acids is 1. The van der Waals surface area contributed by atoms with Gasteiger partial charge in [0.1, 0.15) is 5.75 Å². The summed E-state index contributed by atoms with van der Waals surface area (Å²) in [5.74, 6) is 0.269. The number of aromatic nitrogens is 2. The van der Waals surface area contributed by atoms with Gasteiger partial charge in [-0.2, -0.15) is 0 Å². The normalized spacial score (nSPS) is 10.5. The van der Waals surface area contributed by atoms with E-state index < -0.39 is 0 Å². The molecule has 2 aromatic rings. The van der Waals surface area contributed by atoms with E-state index in [0.29, 0.717) is 11.1 Å². The molecule has 0 amide bonds. The lowest BCUT2D eigenvalue weighted by atomic mass is 10.2. The summed E-state index contributed by atoms with van der Waals surface area (Å²) in [4.78, 5) is 13.3. The fraction of sp³-hybridized carbons (Fsp3) is 0.400. The number of rotatable bonds is 7. The average Bonchev–Trinajstić information content (AvgIpc) is 3.03. The van der Waals surface area contributed by atoms with E-state index in [-0.39, 0.29) is 11.7 Å². The minimum Gasteiger partial charge on any atom is -0.468 e. The van der Waals surface area contributed by atoms with Crippen LogP contribution in [0.4, 0.5) is 5.69 Å². The van der Waals surface area contributed by atoms with Crippen molar-refractivity contribution in [3.05, 3.63) is 24.3 Å². The summed E-state index contributed by atoms with van der Waals surface area (Å²) in [7, 11) is 1.35. The van der Waals surface area contributed by atoms with E-state index in [9.17, 15) is 4.79 Å². The lowest BCUT2D eigenvalue weighted by Crippen LogP contribution is -2.21. The number of hydrogen-bond acceptors (Lipinski definition) is 7. The summed E-state index contributed by atoms with van der Waals surface area (Å²) in [6.45, 7) is 6.18. The minimum absolute atomic E-state index is 0.152. The monoisotopic (exact) mass is 321 g/mol. The van der Waals surface area contributed by atoms with Gasteiger partial charge in [0, 0.05) is 24.3 Å². The Kier molecular flexibility index (Phi) is 5.83. The van der Waals surface area contributed by atoms with Gasteiger partial charge in [0.05, 0.1) is 7.11 Å². The van der Waals surface area contributed by atoms with Crippen LogP contribution in [0.2, 0.25) is 0 Å². The summed E-state index contributed by atoms with van der Waals surface area (Å²) < 4.78 is 10.1. The van der Waals surface area contributed by atoms with Gasteiger partial charge in [-0.15, -0.1) is 10.2 Å². The van der Waals surface area contributed by atoms with Gasteiger partial charge in [-0.1, -0.05) is 11.8 Å². The van der Waals surface area contributed by atoms with Crippen LogP contribution in [0.25, 0.3) is 11.5 Å². The van der Waals surface area contributed by atoms with Crippen LogP contribution in [-0.2, 0) is 9.53 Å². The van der Waals surface area contributed by atoms with Gasteiger partial charge in [-0.3, -0.25) is 4.79 Å². The Labute approximate surface area is 133 Å². The molecule has 1 aromatic heterocycles. The highest BCUT2D eigenvalue weighted by Gasteiger charge is 2.11. The van der Waals surface area contributed by atoms with Crippen molar-refractivity contribution in [3.63, 3.8) is 0 Å². The van der Waals surface area contributed by atoms with Crippen LogP contribution in [0.3, 0.4) is 0 Å². The fourth-order valence-corrected chi connectivity index (χ4v) is 2.56. The molecule has 0 spiro atoms. The molecule has 0 bridgehead atoms. The molecule has 118 valence electrons. The first-order valence-electron chi connectivity index (χ1n) is 7.06. The molecule has 0 saturated carbocycles. The predicted molar refractivity (Wildman–Crippen MR) is 86.0 cm³/mol. The maximum Gasteiger partial charge on any atom is 0.316 e. The number of ether oxygens (including phenoxy) is 1. The molecule has 1 heterocycles. The maximum atomic E-state index is 11.1. The van der Waals surface area contributed by atoms with Gasteiger partial charge >= 0.3 is 5.97 Å². The van der Waals surface area contributed by atoms with Gasteiger partial charge in [-0.05, 0) is 38.1 Å². The topological polar surface area (TPSA) is 68.5 Å². The summed E-state index contributed by atoms with van der Waals surface area (Å²) in [6, 6.07) is 7.98. The highest BCUT2D eigenvalue weighted by molar-refractivity contribution is 7.99. The van der Waals surface area contributed by atoms with Crippen molar-refractivity contribution >= 4 is 23.4 Å². The zero-order chi connectivity index (χ0) is 15.9. The molecule has 0 radical (unpaired) electrons. The second-order valence-electron chi connectivity index (χ2n) is 4.46. The number of esters is 1. The second-order valence-corrected chi connectivity index (χ2v) is 5.38. The van der Waals surface area contributed by atoms with Gasteiger partial charge in [0.2, 0.25) is 5.89 Å². The van der Waals surface area contributed by atoms with Crippen LogP contribution >= 0.6 is 11.8 Å². The molecular formula is C15H19N3O3S. The van der Waals surface area contributed by atoms with Crippen LogP contribution in [0.15, 0.2) is 33.9 Å². The summed E-state index contributed by atoms with van der Waals surface area (Å²) in [5, 5.41) is 8.27. The van der Waals surface area contributed by atoms with Crippen LogP contribution in [0.5, 0.6) is 0 Å². The molecule has 7 heteroatoms. The fourth-order valence-electron chi connectivity index (χ4n) is 1.97. The largest absolute Gasteiger partial charge is 0.468 e. The van der Waals surface area contributed by atoms with E-state index in [0.717, 1.165) is 36.1 Å². The third-order valence-corrected chi connectivity index (χ3v) is 3.98. The van der Waals surface area contributed by atoms with Gasteiger partial charge < -0.3 is 14.1 Å². The lowest BCUT2D eigenvalue weighted by molar-refractivity contribution is -0.137. The first kappa shape index (κ1) is 16.4. The zero-order valence-electron chi connectivity index (χ0n) is 12.9. The lowest BCUT2D eigenvalue weighted by Gasteiger charge is -2.20. The second kappa shape index (κ2) is 7.84.